The molecule has 4 heteroatoms. The van der Waals surface area contributed by atoms with E-state index in [0.717, 1.165) is 31.1 Å². The van der Waals surface area contributed by atoms with Crippen LogP contribution in [0.1, 0.15) is 30.0 Å². The Morgan fingerprint density at radius 3 is 2.76 bits per heavy atom. The summed E-state index contributed by atoms with van der Waals surface area (Å²) >= 11 is 6.06. The van der Waals surface area contributed by atoms with Crippen LogP contribution in [0.4, 0.5) is 0 Å². The van der Waals surface area contributed by atoms with Crippen LogP contribution in [0.5, 0.6) is 0 Å². The summed E-state index contributed by atoms with van der Waals surface area (Å²) in [6, 6.07) is 6.13. The number of hydrogen-bond acceptors (Lipinski definition) is 3. The molecule has 0 saturated carbocycles. The van der Waals surface area contributed by atoms with Crippen molar-refractivity contribution in [1.82, 2.24) is 5.43 Å². The van der Waals surface area contributed by atoms with Crippen LogP contribution in [0.15, 0.2) is 18.2 Å². The van der Waals surface area contributed by atoms with Gasteiger partial charge in [0.05, 0.1) is 0 Å². The average molecular weight is 255 g/mol. The average Bonchev–Trinajstić information content (AvgIpc) is 2.36. The van der Waals surface area contributed by atoms with Crippen molar-refractivity contribution in [2.75, 3.05) is 13.2 Å². The van der Waals surface area contributed by atoms with E-state index in [-0.39, 0.29) is 6.04 Å². The number of nitrogens with one attached hydrogen (secondary N) is 1. The molecule has 2 rings (SSSR count). The molecule has 1 aromatic rings. The second-order valence-corrected chi connectivity index (χ2v) is 5.03. The third kappa shape index (κ3) is 2.99. The predicted octanol–water partition coefficient (Wildman–Crippen LogP) is 2.58. The Hall–Kier alpha value is -0.610. The van der Waals surface area contributed by atoms with Crippen LogP contribution in [-0.4, -0.2) is 13.2 Å². The quantitative estimate of drug-likeness (QED) is 0.644. The van der Waals surface area contributed by atoms with Gasteiger partial charge in [0.2, 0.25) is 0 Å². The molecular formula is C13H19ClN2O. The lowest BCUT2D eigenvalue weighted by Crippen LogP contribution is -2.36. The standard InChI is InChI=1S/C13H19ClN2O/c1-9-2-3-11(14)8-12(9)13(16-15)10-4-6-17-7-5-10/h2-3,8,10,13,16H,4-7,15H2,1H3. The second-order valence-electron chi connectivity index (χ2n) is 4.60. The minimum Gasteiger partial charge on any atom is -0.381 e. The molecule has 0 aliphatic carbocycles. The maximum absolute atomic E-state index is 6.06. The molecule has 1 aliphatic rings. The Bertz CT molecular complexity index is 378. The maximum atomic E-state index is 6.06. The van der Waals surface area contributed by atoms with Crippen molar-refractivity contribution < 1.29 is 4.74 Å². The lowest BCUT2D eigenvalue weighted by Gasteiger charge is -2.31. The molecule has 0 amide bonds. The summed E-state index contributed by atoms with van der Waals surface area (Å²) in [6.45, 7) is 3.74. The molecule has 1 unspecified atom stereocenters. The van der Waals surface area contributed by atoms with Crippen LogP contribution in [0.3, 0.4) is 0 Å². The third-order valence-corrected chi connectivity index (χ3v) is 3.73. The molecule has 0 aromatic heterocycles. The maximum Gasteiger partial charge on any atom is 0.0492 e. The van der Waals surface area contributed by atoms with E-state index in [4.69, 9.17) is 22.2 Å². The van der Waals surface area contributed by atoms with Crippen molar-refractivity contribution in [2.24, 2.45) is 11.8 Å². The molecule has 1 aliphatic heterocycles. The largest absolute Gasteiger partial charge is 0.381 e. The summed E-state index contributed by atoms with van der Waals surface area (Å²) < 4.78 is 5.39. The van der Waals surface area contributed by atoms with Gasteiger partial charge in [-0.2, -0.15) is 0 Å². The molecule has 1 atom stereocenters. The summed E-state index contributed by atoms with van der Waals surface area (Å²) in [5, 5.41) is 0.762. The van der Waals surface area contributed by atoms with Gasteiger partial charge in [0, 0.05) is 24.3 Å². The smallest absolute Gasteiger partial charge is 0.0492 e. The molecule has 0 spiro atoms. The molecule has 94 valence electrons. The van der Waals surface area contributed by atoms with Gasteiger partial charge in [-0.05, 0) is 48.9 Å². The number of halogens is 1. The number of hydrogen-bond donors (Lipinski definition) is 2. The van der Waals surface area contributed by atoms with Crippen molar-refractivity contribution >= 4 is 11.6 Å². The SMILES string of the molecule is Cc1ccc(Cl)cc1C(NN)C1CCOCC1. The molecule has 3 N–H and O–H groups in total. The van der Waals surface area contributed by atoms with Crippen LogP contribution < -0.4 is 11.3 Å². The topological polar surface area (TPSA) is 47.3 Å². The Morgan fingerprint density at radius 1 is 1.41 bits per heavy atom. The van der Waals surface area contributed by atoms with Crippen LogP contribution in [0.2, 0.25) is 5.02 Å². The molecule has 0 bridgehead atoms. The van der Waals surface area contributed by atoms with Gasteiger partial charge in [-0.3, -0.25) is 11.3 Å². The summed E-state index contributed by atoms with van der Waals surface area (Å²) in [7, 11) is 0. The van der Waals surface area contributed by atoms with E-state index in [0.29, 0.717) is 5.92 Å². The van der Waals surface area contributed by atoms with E-state index >= 15 is 0 Å². The number of nitrogens with two attached hydrogens (primary N) is 1. The summed E-state index contributed by atoms with van der Waals surface area (Å²) in [5.41, 5.74) is 5.37. The van der Waals surface area contributed by atoms with Gasteiger partial charge in [-0.15, -0.1) is 0 Å². The van der Waals surface area contributed by atoms with E-state index in [1.165, 1.54) is 11.1 Å². The Kier molecular flexibility index (Phi) is 4.40. The van der Waals surface area contributed by atoms with E-state index in [2.05, 4.69) is 12.3 Å². The Labute approximate surface area is 107 Å². The number of ether oxygens (including phenoxy) is 1. The van der Waals surface area contributed by atoms with Crippen molar-refractivity contribution in [3.63, 3.8) is 0 Å². The molecule has 17 heavy (non-hydrogen) atoms. The van der Waals surface area contributed by atoms with Crippen molar-refractivity contribution in [3.05, 3.63) is 34.3 Å². The fraction of sp³-hybridized carbons (Fsp3) is 0.538. The molecule has 3 nitrogen and oxygen atoms in total. The Morgan fingerprint density at radius 2 is 2.12 bits per heavy atom. The minimum absolute atomic E-state index is 0.164. The Balaban J connectivity index is 2.24. The number of benzene rings is 1. The summed E-state index contributed by atoms with van der Waals surface area (Å²) in [4.78, 5) is 0. The van der Waals surface area contributed by atoms with Gasteiger partial charge in [-0.1, -0.05) is 17.7 Å². The normalized spacial score (nSPS) is 19.2. The van der Waals surface area contributed by atoms with Crippen LogP contribution in [0.25, 0.3) is 0 Å². The zero-order chi connectivity index (χ0) is 12.3. The lowest BCUT2D eigenvalue weighted by molar-refractivity contribution is 0.0535. The molecule has 0 radical (unpaired) electrons. The number of aryl methyl sites for hydroxylation is 1. The molecule has 1 aromatic carbocycles. The monoisotopic (exact) mass is 254 g/mol. The van der Waals surface area contributed by atoms with Gasteiger partial charge in [0.15, 0.2) is 0 Å². The summed E-state index contributed by atoms with van der Waals surface area (Å²) in [5.74, 6) is 6.24. The van der Waals surface area contributed by atoms with Gasteiger partial charge >= 0.3 is 0 Å². The first-order valence-electron chi connectivity index (χ1n) is 6.02. The highest BCUT2D eigenvalue weighted by molar-refractivity contribution is 6.30. The van der Waals surface area contributed by atoms with E-state index < -0.39 is 0 Å². The highest BCUT2D eigenvalue weighted by Crippen LogP contribution is 2.32. The number of hydrazine groups is 1. The van der Waals surface area contributed by atoms with E-state index in [9.17, 15) is 0 Å². The first-order chi connectivity index (χ1) is 8.22. The summed E-state index contributed by atoms with van der Waals surface area (Å²) in [6.07, 6.45) is 2.08. The van der Waals surface area contributed by atoms with Crippen molar-refractivity contribution in [3.8, 4) is 0 Å². The number of rotatable bonds is 3. The van der Waals surface area contributed by atoms with Crippen LogP contribution in [-0.2, 0) is 4.74 Å². The molecule has 1 saturated heterocycles. The highest BCUT2D eigenvalue weighted by atomic mass is 35.5. The van der Waals surface area contributed by atoms with Crippen molar-refractivity contribution in [1.29, 1.82) is 0 Å². The van der Waals surface area contributed by atoms with Gasteiger partial charge in [0.1, 0.15) is 0 Å². The predicted molar refractivity (Wildman–Crippen MR) is 69.8 cm³/mol. The first kappa shape index (κ1) is 12.8. The van der Waals surface area contributed by atoms with E-state index in [1.54, 1.807) is 0 Å². The zero-order valence-corrected chi connectivity index (χ0v) is 10.8. The third-order valence-electron chi connectivity index (χ3n) is 3.49. The van der Waals surface area contributed by atoms with E-state index in [1.807, 2.05) is 18.2 Å². The molecule has 1 fully saturated rings. The first-order valence-corrected chi connectivity index (χ1v) is 6.40. The second kappa shape index (κ2) is 5.83. The highest BCUT2D eigenvalue weighted by Gasteiger charge is 2.25. The molecular weight excluding hydrogens is 236 g/mol. The fourth-order valence-corrected chi connectivity index (χ4v) is 2.66. The van der Waals surface area contributed by atoms with Gasteiger partial charge in [0.25, 0.3) is 0 Å². The zero-order valence-electron chi connectivity index (χ0n) is 10.1. The van der Waals surface area contributed by atoms with Crippen LogP contribution in [0, 0.1) is 12.8 Å². The van der Waals surface area contributed by atoms with Gasteiger partial charge < -0.3 is 4.74 Å². The molecule has 1 heterocycles. The fourth-order valence-electron chi connectivity index (χ4n) is 2.48. The van der Waals surface area contributed by atoms with Crippen LogP contribution >= 0.6 is 11.6 Å². The minimum atomic E-state index is 0.164. The van der Waals surface area contributed by atoms with Crippen molar-refractivity contribution in [2.45, 2.75) is 25.8 Å². The van der Waals surface area contributed by atoms with Gasteiger partial charge in [-0.25, -0.2) is 0 Å². The lowest BCUT2D eigenvalue weighted by atomic mass is 9.86.